The molecule has 3 N–H and O–H groups in total. The van der Waals surface area contributed by atoms with Crippen LogP contribution >= 0.6 is 0 Å². The second-order valence-electron chi connectivity index (χ2n) is 5.46. The van der Waals surface area contributed by atoms with Crippen molar-refractivity contribution in [1.29, 1.82) is 0 Å². The molecule has 1 fully saturated rings. The summed E-state index contributed by atoms with van der Waals surface area (Å²) in [7, 11) is 4.32. The van der Waals surface area contributed by atoms with Gasteiger partial charge in [0.25, 0.3) is 0 Å². The maximum absolute atomic E-state index is 5.93. The molecule has 0 radical (unpaired) electrons. The van der Waals surface area contributed by atoms with E-state index in [4.69, 9.17) is 5.73 Å². The van der Waals surface area contributed by atoms with Crippen LogP contribution in [0.15, 0.2) is 35.3 Å². The maximum Gasteiger partial charge on any atom is 0.188 e. The highest BCUT2D eigenvalue weighted by Gasteiger charge is 2.21. The van der Waals surface area contributed by atoms with Gasteiger partial charge in [-0.25, -0.2) is 4.99 Å². The first-order valence-corrected chi connectivity index (χ1v) is 7.11. The second kappa shape index (κ2) is 7.26. The molecule has 1 atom stereocenters. The zero-order valence-corrected chi connectivity index (χ0v) is 12.4. The third-order valence-corrected chi connectivity index (χ3v) is 3.77. The van der Waals surface area contributed by atoms with Crippen LogP contribution in [0.4, 0.5) is 0 Å². The number of benzene rings is 1. The highest BCUT2D eigenvalue weighted by atomic mass is 15.3. The van der Waals surface area contributed by atoms with Crippen molar-refractivity contribution < 1.29 is 0 Å². The highest BCUT2D eigenvalue weighted by molar-refractivity contribution is 5.77. The van der Waals surface area contributed by atoms with Gasteiger partial charge in [-0.1, -0.05) is 30.3 Å². The van der Waals surface area contributed by atoms with Gasteiger partial charge in [0.15, 0.2) is 5.96 Å². The zero-order valence-electron chi connectivity index (χ0n) is 12.4. The van der Waals surface area contributed by atoms with Crippen molar-refractivity contribution in [3.8, 4) is 0 Å². The number of hydrogen-bond donors (Lipinski definition) is 2. The van der Waals surface area contributed by atoms with Crippen molar-refractivity contribution in [1.82, 2.24) is 15.1 Å². The van der Waals surface area contributed by atoms with Gasteiger partial charge >= 0.3 is 0 Å². The Labute approximate surface area is 121 Å². The summed E-state index contributed by atoms with van der Waals surface area (Å²) in [5.74, 6) is 0.524. The van der Waals surface area contributed by atoms with Gasteiger partial charge in [0, 0.05) is 32.2 Å². The number of nitrogens with zero attached hydrogens (tertiary/aromatic N) is 3. The van der Waals surface area contributed by atoms with Crippen molar-refractivity contribution in [3.63, 3.8) is 0 Å². The number of guanidine groups is 1. The van der Waals surface area contributed by atoms with Crippen LogP contribution in [0.5, 0.6) is 0 Å². The number of likely N-dealkylation sites (N-methyl/N-ethyl adjacent to an activating group) is 2. The Morgan fingerprint density at radius 3 is 2.80 bits per heavy atom. The van der Waals surface area contributed by atoms with Gasteiger partial charge in [-0.3, -0.25) is 4.90 Å². The van der Waals surface area contributed by atoms with Gasteiger partial charge in [0.2, 0.25) is 0 Å². The molecule has 1 saturated heterocycles. The Morgan fingerprint density at radius 1 is 1.30 bits per heavy atom. The van der Waals surface area contributed by atoms with Crippen molar-refractivity contribution in [2.24, 2.45) is 10.7 Å². The quantitative estimate of drug-likeness (QED) is 0.614. The van der Waals surface area contributed by atoms with E-state index >= 15 is 0 Å². The molecule has 0 bridgehead atoms. The van der Waals surface area contributed by atoms with Gasteiger partial charge in [-0.2, -0.15) is 0 Å². The minimum absolute atomic E-state index is 0.485. The predicted octanol–water partition coefficient (Wildman–Crippen LogP) is 0.337. The molecule has 1 aliphatic heterocycles. The minimum Gasteiger partial charge on any atom is -0.370 e. The third-order valence-electron chi connectivity index (χ3n) is 3.77. The van der Waals surface area contributed by atoms with Crippen molar-refractivity contribution in [3.05, 3.63) is 35.9 Å². The van der Waals surface area contributed by atoms with Gasteiger partial charge < -0.3 is 16.0 Å². The van der Waals surface area contributed by atoms with Crippen LogP contribution < -0.4 is 11.1 Å². The molecule has 20 heavy (non-hydrogen) atoms. The Kier molecular flexibility index (Phi) is 5.38. The van der Waals surface area contributed by atoms with Crippen molar-refractivity contribution in [2.75, 3.05) is 40.3 Å². The molecule has 1 heterocycles. The average Bonchev–Trinajstić information content (AvgIpc) is 2.47. The van der Waals surface area contributed by atoms with E-state index in [1.807, 2.05) is 18.2 Å². The second-order valence-corrected chi connectivity index (χ2v) is 5.46. The van der Waals surface area contributed by atoms with Gasteiger partial charge in [-0.15, -0.1) is 0 Å². The first-order valence-electron chi connectivity index (χ1n) is 7.11. The van der Waals surface area contributed by atoms with E-state index in [0.29, 0.717) is 18.5 Å². The summed E-state index contributed by atoms with van der Waals surface area (Å²) in [6.07, 6.45) is 0. The van der Waals surface area contributed by atoms with E-state index in [1.54, 1.807) is 0 Å². The zero-order chi connectivity index (χ0) is 14.4. The van der Waals surface area contributed by atoms with Crippen molar-refractivity contribution in [2.45, 2.75) is 12.6 Å². The van der Waals surface area contributed by atoms with Crippen LogP contribution in [0.25, 0.3) is 0 Å². The predicted molar refractivity (Wildman–Crippen MR) is 83.7 cm³/mol. The van der Waals surface area contributed by atoms with E-state index in [-0.39, 0.29) is 0 Å². The third kappa shape index (κ3) is 4.51. The lowest BCUT2D eigenvalue weighted by atomic mass is 10.2. The lowest BCUT2D eigenvalue weighted by Crippen LogP contribution is -2.55. The van der Waals surface area contributed by atoms with Gasteiger partial charge in [0.1, 0.15) is 0 Å². The summed E-state index contributed by atoms with van der Waals surface area (Å²) < 4.78 is 0. The number of rotatable bonds is 4. The fourth-order valence-electron chi connectivity index (χ4n) is 2.36. The highest BCUT2D eigenvalue weighted by Crippen LogP contribution is 2.04. The Hall–Kier alpha value is -1.59. The summed E-state index contributed by atoms with van der Waals surface area (Å²) >= 11 is 0. The molecule has 2 rings (SSSR count). The Balaban J connectivity index is 1.78. The number of hydrogen-bond acceptors (Lipinski definition) is 3. The molecular weight excluding hydrogens is 250 g/mol. The fraction of sp³-hybridized carbons (Fsp3) is 0.533. The van der Waals surface area contributed by atoms with Gasteiger partial charge in [-0.05, 0) is 19.7 Å². The Morgan fingerprint density at radius 2 is 2.05 bits per heavy atom. The molecule has 0 amide bonds. The van der Waals surface area contributed by atoms with E-state index in [1.165, 1.54) is 5.56 Å². The molecular formula is C15H25N5. The maximum atomic E-state index is 5.93. The number of nitrogens with two attached hydrogens (primary N) is 1. The summed E-state index contributed by atoms with van der Waals surface area (Å²) in [5, 5.41) is 3.23. The SMILES string of the molecule is CN1CCN(C)C(CNC(N)=NCc2ccccc2)C1. The largest absolute Gasteiger partial charge is 0.370 e. The standard InChI is InChI=1S/C15H25N5/c1-19-8-9-20(2)14(12-19)11-18-15(16)17-10-13-6-4-3-5-7-13/h3-7,14H,8-12H2,1-2H3,(H3,16,17,18). The van der Waals surface area contributed by atoms with Crippen LogP contribution in [-0.4, -0.2) is 62.1 Å². The molecule has 5 heteroatoms. The minimum atomic E-state index is 0.485. The molecule has 0 aromatic heterocycles. The number of nitrogens with one attached hydrogen (secondary N) is 1. The molecule has 1 unspecified atom stereocenters. The molecule has 0 aliphatic carbocycles. The molecule has 5 nitrogen and oxygen atoms in total. The lowest BCUT2D eigenvalue weighted by molar-refractivity contribution is 0.116. The topological polar surface area (TPSA) is 56.9 Å². The molecule has 1 aromatic rings. The number of piperazine rings is 1. The van der Waals surface area contributed by atoms with Crippen molar-refractivity contribution >= 4 is 5.96 Å². The smallest absolute Gasteiger partial charge is 0.188 e. The van der Waals surface area contributed by atoms with E-state index < -0.39 is 0 Å². The summed E-state index contributed by atoms with van der Waals surface area (Å²) in [6, 6.07) is 10.6. The van der Waals surface area contributed by atoms with Crippen LogP contribution in [0, 0.1) is 0 Å². The molecule has 0 saturated carbocycles. The van der Waals surface area contributed by atoms with Crippen LogP contribution in [0.2, 0.25) is 0 Å². The first kappa shape index (κ1) is 14.8. The van der Waals surface area contributed by atoms with E-state index in [2.05, 4.69) is 46.3 Å². The Bertz CT molecular complexity index is 431. The first-order chi connectivity index (χ1) is 9.65. The lowest BCUT2D eigenvalue weighted by Gasteiger charge is -2.37. The van der Waals surface area contributed by atoms with E-state index in [0.717, 1.165) is 26.2 Å². The molecule has 1 aromatic carbocycles. The normalized spacial score (nSPS) is 21.9. The summed E-state index contributed by atoms with van der Waals surface area (Å²) in [5.41, 5.74) is 7.10. The fourth-order valence-corrected chi connectivity index (χ4v) is 2.36. The summed E-state index contributed by atoms with van der Waals surface area (Å²) in [6.45, 7) is 4.76. The van der Waals surface area contributed by atoms with Crippen LogP contribution in [0.3, 0.4) is 0 Å². The average molecular weight is 275 g/mol. The van der Waals surface area contributed by atoms with Crippen LogP contribution in [-0.2, 0) is 6.54 Å². The molecule has 0 spiro atoms. The summed E-state index contributed by atoms with van der Waals surface area (Å²) in [4.78, 5) is 9.10. The molecule has 110 valence electrons. The molecule has 1 aliphatic rings. The van der Waals surface area contributed by atoms with E-state index in [9.17, 15) is 0 Å². The number of aliphatic imine (C=N–C) groups is 1. The monoisotopic (exact) mass is 275 g/mol. The van der Waals surface area contributed by atoms with Gasteiger partial charge in [0.05, 0.1) is 6.54 Å². The van der Waals surface area contributed by atoms with Crippen LogP contribution in [0.1, 0.15) is 5.56 Å².